The third-order valence-corrected chi connectivity index (χ3v) is 7.76. The molecule has 10 nitrogen and oxygen atoms in total. The normalized spacial score (nSPS) is 14.6. The molecule has 5 heterocycles. The molecule has 0 spiro atoms. The van der Waals surface area contributed by atoms with Crippen LogP contribution in [0.1, 0.15) is 22.8 Å². The van der Waals surface area contributed by atoms with Crippen LogP contribution >= 0.6 is 0 Å². The van der Waals surface area contributed by atoms with Crippen molar-refractivity contribution in [3.05, 3.63) is 78.2 Å². The summed E-state index contributed by atoms with van der Waals surface area (Å²) in [5.74, 6) is 0.395. The summed E-state index contributed by atoms with van der Waals surface area (Å²) in [6.45, 7) is 8.87. The Balaban J connectivity index is 1.42. The molecule has 0 unspecified atom stereocenters. The zero-order valence-electron chi connectivity index (χ0n) is 23.9. The number of fused-ring (bicyclic) bond motifs is 2. The standard InChI is InChI=1S/C31H36N8O2/c1-4-41-31(40)25-20-33-39-28(36(3)21-23-9-6-5-7-10-23)19-27(34-30(25)39)26-22-38(29-24(26)11-8-12-32-29)18-17-37-15-13-35(2)14-16-37/h5-12,19-20,22H,4,13-18,21H2,1-3H3. The van der Waals surface area contributed by atoms with E-state index in [1.54, 1.807) is 17.6 Å². The van der Waals surface area contributed by atoms with Gasteiger partial charge in [0.15, 0.2) is 5.65 Å². The van der Waals surface area contributed by atoms with Crippen LogP contribution < -0.4 is 4.90 Å². The molecule has 1 aromatic carbocycles. The SMILES string of the molecule is CCOC(=O)c1cnn2c(N(C)Cc3ccccc3)cc(-c3cn(CCN4CCN(C)CC4)c4ncccc34)nc12. The summed E-state index contributed by atoms with van der Waals surface area (Å²) in [4.78, 5) is 29.6. The molecule has 1 aliphatic heterocycles. The van der Waals surface area contributed by atoms with E-state index in [1.165, 1.54) is 5.56 Å². The molecule has 1 fully saturated rings. The highest BCUT2D eigenvalue weighted by molar-refractivity contribution is 5.98. The smallest absolute Gasteiger partial charge is 0.343 e. The van der Waals surface area contributed by atoms with Gasteiger partial charge in [-0.05, 0) is 31.7 Å². The number of hydrogen-bond donors (Lipinski definition) is 0. The van der Waals surface area contributed by atoms with Gasteiger partial charge in [0.25, 0.3) is 0 Å². The molecule has 0 atom stereocenters. The molecular weight excluding hydrogens is 516 g/mol. The van der Waals surface area contributed by atoms with E-state index in [0.29, 0.717) is 17.8 Å². The van der Waals surface area contributed by atoms with Crippen molar-refractivity contribution in [1.82, 2.24) is 33.9 Å². The van der Waals surface area contributed by atoms with Crippen LogP contribution in [0.4, 0.5) is 5.82 Å². The molecule has 212 valence electrons. The van der Waals surface area contributed by atoms with Crippen molar-refractivity contribution in [2.75, 3.05) is 58.3 Å². The second-order valence-corrected chi connectivity index (χ2v) is 10.6. The number of aromatic nitrogens is 5. The molecule has 0 aliphatic carbocycles. The second kappa shape index (κ2) is 11.7. The van der Waals surface area contributed by atoms with Crippen molar-refractivity contribution >= 4 is 28.5 Å². The molecule has 0 N–H and O–H groups in total. The number of anilines is 1. The fourth-order valence-corrected chi connectivity index (χ4v) is 5.47. The van der Waals surface area contributed by atoms with E-state index in [-0.39, 0.29) is 6.61 Å². The first-order chi connectivity index (χ1) is 20.0. The molecule has 0 amide bonds. The van der Waals surface area contributed by atoms with Crippen LogP contribution in [0.25, 0.3) is 27.9 Å². The van der Waals surface area contributed by atoms with Crippen LogP contribution in [0.2, 0.25) is 0 Å². The predicted octanol–water partition coefficient (Wildman–Crippen LogP) is 3.81. The highest BCUT2D eigenvalue weighted by Crippen LogP contribution is 2.32. The highest BCUT2D eigenvalue weighted by Gasteiger charge is 2.22. The number of pyridine rings is 1. The number of esters is 1. The van der Waals surface area contributed by atoms with E-state index >= 15 is 0 Å². The molecule has 5 aromatic rings. The molecular formula is C31H36N8O2. The Morgan fingerprint density at radius 1 is 1.02 bits per heavy atom. The summed E-state index contributed by atoms with van der Waals surface area (Å²) in [6, 6.07) is 16.4. The van der Waals surface area contributed by atoms with Gasteiger partial charge < -0.3 is 19.1 Å². The molecule has 0 radical (unpaired) electrons. The minimum absolute atomic E-state index is 0.281. The van der Waals surface area contributed by atoms with Gasteiger partial charge in [0.05, 0.1) is 18.5 Å². The Labute approximate surface area is 239 Å². The lowest BCUT2D eigenvalue weighted by molar-refractivity contribution is 0.0528. The van der Waals surface area contributed by atoms with Gasteiger partial charge in [-0.1, -0.05) is 30.3 Å². The van der Waals surface area contributed by atoms with E-state index in [4.69, 9.17) is 14.7 Å². The lowest BCUT2D eigenvalue weighted by atomic mass is 10.1. The fraction of sp³-hybridized carbons (Fsp3) is 0.355. The Hall–Kier alpha value is -4.28. The molecule has 41 heavy (non-hydrogen) atoms. The van der Waals surface area contributed by atoms with Crippen LogP contribution in [0.5, 0.6) is 0 Å². The van der Waals surface area contributed by atoms with Crippen molar-refractivity contribution in [3.8, 4) is 11.3 Å². The number of nitrogens with zero attached hydrogens (tertiary/aromatic N) is 8. The van der Waals surface area contributed by atoms with Crippen molar-refractivity contribution < 1.29 is 9.53 Å². The van der Waals surface area contributed by atoms with Crippen LogP contribution in [0.15, 0.2) is 67.1 Å². The maximum Gasteiger partial charge on any atom is 0.343 e. The molecule has 6 rings (SSSR count). The van der Waals surface area contributed by atoms with Crippen molar-refractivity contribution in [2.45, 2.75) is 20.0 Å². The Morgan fingerprint density at radius 3 is 2.61 bits per heavy atom. The van der Waals surface area contributed by atoms with Crippen LogP contribution in [0, 0.1) is 0 Å². The summed E-state index contributed by atoms with van der Waals surface area (Å²) in [6.07, 6.45) is 5.53. The van der Waals surface area contributed by atoms with Gasteiger partial charge in [0, 0.05) is 82.3 Å². The Morgan fingerprint density at radius 2 is 1.83 bits per heavy atom. The van der Waals surface area contributed by atoms with E-state index in [2.05, 4.69) is 55.8 Å². The number of likely N-dealkylation sites (N-methyl/N-ethyl adjacent to an activating group) is 1. The molecule has 0 saturated carbocycles. The molecule has 1 aliphatic rings. The second-order valence-electron chi connectivity index (χ2n) is 10.6. The van der Waals surface area contributed by atoms with Crippen molar-refractivity contribution in [3.63, 3.8) is 0 Å². The lowest BCUT2D eigenvalue weighted by Gasteiger charge is -2.32. The maximum absolute atomic E-state index is 12.9. The number of benzene rings is 1. The average Bonchev–Trinajstić information content (AvgIpc) is 3.59. The lowest BCUT2D eigenvalue weighted by Crippen LogP contribution is -2.45. The number of hydrogen-bond acceptors (Lipinski definition) is 8. The van der Waals surface area contributed by atoms with Crippen LogP contribution in [-0.4, -0.2) is 93.3 Å². The van der Waals surface area contributed by atoms with Gasteiger partial charge in [-0.25, -0.2) is 14.8 Å². The minimum Gasteiger partial charge on any atom is -0.462 e. The largest absolute Gasteiger partial charge is 0.462 e. The summed E-state index contributed by atoms with van der Waals surface area (Å²) in [5, 5.41) is 5.58. The van der Waals surface area contributed by atoms with Crippen LogP contribution in [-0.2, 0) is 17.8 Å². The summed E-state index contributed by atoms with van der Waals surface area (Å²) in [5.41, 5.74) is 4.65. The van der Waals surface area contributed by atoms with Gasteiger partial charge in [-0.2, -0.15) is 9.61 Å². The zero-order chi connectivity index (χ0) is 28.3. The number of ether oxygens (including phenoxy) is 1. The fourth-order valence-electron chi connectivity index (χ4n) is 5.47. The third-order valence-electron chi connectivity index (χ3n) is 7.76. The first-order valence-corrected chi connectivity index (χ1v) is 14.2. The quantitative estimate of drug-likeness (QED) is 0.255. The van der Waals surface area contributed by atoms with Gasteiger partial charge in [0.1, 0.15) is 17.0 Å². The van der Waals surface area contributed by atoms with E-state index < -0.39 is 5.97 Å². The predicted molar refractivity (Wildman–Crippen MR) is 160 cm³/mol. The average molecular weight is 553 g/mol. The Bertz CT molecular complexity index is 1650. The van der Waals surface area contributed by atoms with Crippen molar-refractivity contribution in [2.24, 2.45) is 0 Å². The highest BCUT2D eigenvalue weighted by atomic mass is 16.5. The van der Waals surface area contributed by atoms with E-state index in [0.717, 1.165) is 67.4 Å². The monoisotopic (exact) mass is 552 g/mol. The first-order valence-electron chi connectivity index (χ1n) is 14.2. The van der Waals surface area contributed by atoms with Gasteiger partial charge in [-0.3, -0.25) is 4.90 Å². The topological polar surface area (TPSA) is 84.0 Å². The number of rotatable bonds is 9. The van der Waals surface area contributed by atoms with Gasteiger partial charge in [-0.15, -0.1) is 0 Å². The Kier molecular flexibility index (Phi) is 7.67. The molecule has 4 aromatic heterocycles. The van der Waals surface area contributed by atoms with Gasteiger partial charge in [0.2, 0.25) is 0 Å². The van der Waals surface area contributed by atoms with Gasteiger partial charge >= 0.3 is 5.97 Å². The number of carbonyl (C=O) groups is 1. The summed E-state index contributed by atoms with van der Waals surface area (Å²) < 4.78 is 9.29. The maximum atomic E-state index is 12.9. The van der Waals surface area contributed by atoms with E-state index in [1.807, 2.05) is 43.6 Å². The van der Waals surface area contributed by atoms with Crippen LogP contribution in [0.3, 0.4) is 0 Å². The minimum atomic E-state index is -0.430. The molecule has 0 bridgehead atoms. The van der Waals surface area contributed by atoms with E-state index in [9.17, 15) is 4.79 Å². The summed E-state index contributed by atoms with van der Waals surface area (Å²) >= 11 is 0. The summed E-state index contributed by atoms with van der Waals surface area (Å²) in [7, 11) is 4.20. The first kappa shape index (κ1) is 26.9. The number of piperazine rings is 1. The zero-order valence-corrected chi connectivity index (χ0v) is 23.9. The number of carbonyl (C=O) groups excluding carboxylic acids is 1. The third kappa shape index (κ3) is 5.53. The van der Waals surface area contributed by atoms with Crippen molar-refractivity contribution in [1.29, 1.82) is 0 Å². The molecule has 1 saturated heterocycles. The molecule has 10 heteroatoms.